The number of thiocarbonyl (C=S) groups is 1. The van der Waals surface area contributed by atoms with Gasteiger partial charge in [-0.2, -0.15) is 0 Å². The van der Waals surface area contributed by atoms with E-state index in [0.29, 0.717) is 11.3 Å². The molecule has 0 unspecified atom stereocenters. The van der Waals surface area contributed by atoms with Gasteiger partial charge in [0.05, 0.1) is 4.90 Å². The van der Waals surface area contributed by atoms with Crippen molar-refractivity contribution in [3.8, 4) is 0 Å². The number of hydrogen-bond acceptors (Lipinski definition) is 3. The third-order valence-electron chi connectivity index (χ3n) is 2.27. The molecule has 0 spiro atoms. The molecule has 0 bridgehead atoms. The topological polar surface area (TPSA) is 72.2 Å². The van der Waals surface area contributed by atoms with Crippen molar-refractivity contribution in [3.05, 3.63) is 23.3 Å². The van der Waals surface area contributed by atoms with E-state index in [-0.39, 0.29) is 10.0 Å². The van der Waals surface area contributed by atoms with Crippen molar-refractivity contribution in [3.63, 3.8) is 0 Å². The number of rotatable bonds is 2. The van der Waals surface area contributed by atoms with Crippen LogP contribution in [0.2, 0.25) is 0 Å². The van der Waals surface area contributed by atoms with Crippen LogP contribution in [0.4, 0.5) is 5.69 Å². The van der Waals surface area contributed by atoms with Gasteiger partial charge in [0.15, 0.2) is 14.9 Å². The Balaban J connectivity index is 3.44. The van der Waals surface area contributed by atoms with E-state index < -0.39 is 9.84 Å². The first-order valence-electron chi connectivity index (χ1n) is 4.60. The lowest BCUT2D eigenvalue weighted by Crippen LogP contribution is -2.20. The summed E-state index contributed by atoms with van der Waals surface area (Å²) in [5.74, 6) is 0. The summed E-state index contributed by atoms with van der Waals surface area (Å²) in [6.07, 6.45) is 1.18. The van der Waals surface area contributed by atoms with Crippen LogP contribution in [0.15, 0.2) is 17.0 Å². The molecule has 0 amide bonds. The number of sulfone groups is 1. The second-order valence-corrected chi connectivity index (χ2v) is 6.07. The molecule has 88 valence electrons. The summed E-state index contributed by atoms with van der Waals surface area (Å²) in [5, 5.41) is 2.92. The van der Waals surface area contributed by atoms with Crippen molar-refractivity contribution >= 4 is 32.9 Å². The molecule has 0 fully saturated rings. The maximum Gasteiger partial charge on any atom is 0.175 e. The predicted molar refractivity (Wildman–Crippen MR) is 69.4 cm³/mol. The number of nitrogens with two attached hydrogens (primary N) is 1. The lowest BCUT2D eigenvalue weighted by atomic mass is 10.1. The van der Waals surface area contributed by atoms with Gasteiger partial charge in [0.1, 0.15) is 0 Å². The molecule has 1 rings (SSSR count). The lowest BCUT2D eigenvalue weighted by Gasteiger charge is -2.14. The Morgan fingerprint density at radius 3 is 2.38 bits per heavy atom. The lowest BCUT2D eigenvalue weighted by molar-refractivity contribution is 0.601. The zero-order chi connectivity index (χ0) is 12.5. The van der Waals surface area contributed by atoms with Gasteiger partial charge in [-0.15, -0.1) is 0 Å². The number of benzene rings is 1. The maximum absolute atomic E-state index is 11.5. The van der Waals surface area contributed by atoms with Crippen molar-refractivity contribution < 1.29 is 8.42 Å². The summed E-state index contributed by atoms with van der Waals surface area (Å²) < 4.78 is 23.0. The summed E-state index contributed by atoms with van der Waals surface area (Å²) in [7, 11) is -3.23. The first-order valence-corrected chi connectivity index (χ1v) is 6.90. The first kappa shape index (κ1) is 12.9. The summed E-state index contributed by atoms with van der Waals surface area (Å²) >= 11 is 4.75. The van der Waals surface area contributed by atoms with Crippen LogP contribution < -0.4 is 11.1 Å². The standard InChI is InChI=1S/C10H14N2O2S2/c1-6-4-5-8(16(3,13)14)7(2)9(6)12-10(11)15/h4-5H,1-3H3,(H3,11,12,15). The first-order chi connectivity index (χ1) is 7.23. The van der Waals surface area contributed by atoms with E-state index >= 15 is 0 Å². The molecule has 0 aromatic heterocycles. The van der Waals surface area contributed by atoms with Crippen molar-refractivity contribution in [1.29, 1.82) is 0 Å². The molecule has 16 heavy (non-hydrogen) atoms. The molecule has 4 nitrogen and oxygen atoms in total. The van der Waals surface area contributed by atoms with Gasteiger partial charge < -0.3 is 11.1 Å². The fraction of sp³-hybridized carbons (Fsp3) is 0.300. The van der Waals surface area contributed by atoms with Crippen LogP contribution in [0.25, 0.3) is 0 Å². The Bertz CT molecular complexity index is 536. The van der Waals surface area contributed by atoms with Gasteiger partial charge in [-0.1, -0.05) is 6.07 Å². The molecule has 0 aliphatic rings. The van der Waals surface area contributed by atoms with Crippen LogP contribution in [0.1, 0.15) is 11.1 Å². The highest BCUT2D eigenvalue weighted by molar-refractivity contribution is 7.90. The highest BCUT2D eigenvalue weighted by Gasteiger charge is 2.15. The largest absolute Gasteiger partial charge is 0.376 e. The molecule has 6 heteroatoms. The average molecular weight is 258 g/mol. The highest BCUT2D eigenvalue weighted by atomic mass is 32.2. The van der Waals surface area contributed by atoms with E-state index in [1.54, 1.807) is 19.1 Å². The molecule has 0 aliphatic carbocycles. The Morgan fingerprint density at radius 1 is 1.38 bits per heavy atom. The van der Waals surface area contributed by atoms with Crippen LogP contribution in [-0.4, -0.2) is 19.8 Å². The van der Waals surface area contributed by atoms with E-state index in [0.717, 1.165) is 5.56 Å². The van der Waals surface area contributed by atoms with Crippen molar-refractivity contribution in [2.45, 2.75) is 18.7 Å². The molecular formula is C10H14N2O2S2. The van der Waals surface area contributed by atoms with E-state index in [1.165, 1.54) is 6.26 Å². The molecule has 0 saturated heterocycles. The van der Waals surface area contributed by atoms with Crippen molar-refractivity contribution in [2.75, 3.05) is 11.6 Å². The van der Waals surface area contributed by atoms with Crippen LogP contribution in [0, 0.1) is 13.8 Å². The van der Waals surface area contributed by atoms with Gasteiger partial charge >= 0.3 is 0 Å². The normalized spacial score (nSPS) is 11.2. The Labute approximate surface area is 101 Å². The molecule has 0 heterocycles. The van der Waals surface area contributed by atoms with E-state index in [4.69, 9.17) is 18.0 Å². The fourth-order valence-corrected chi connectivity index (χ4v) is 2.62. The Kier molecular flexibility index (Phi) is 3.54. The number of nitrogens with one attached hydrogen (secondary N) is 1. The third kappa shape index (κ3) is 2.70. The molecule has 1 aromatic carbocycles. The molecule has 0 radical (unpaired) electrons. The highest BCUT2D eigenvalue weighted by Crippen LogP contribution is 2.26. The average Bonchev–Trinajstić information content (AvgIpc) is 2.09. The Morgan fingerprint density at radius 2 is 1.94 bits per heavy atom. The van der Waals surface area contributed by atoms with Gasteiger partial charge in [0.2, 0.25) is 0 Å². The van der Waals surface area contributed by atoms with Crippen LogP contribution in [-0.2, 0) is 9.84 Å². The van der Waals surface area contributed by atoms with Crippen molar-refractivity contribution in [1.82, 2.24) is 0 Å². The minimum Gasteiger partial charge on any atom is -0.376 e. The molecular weight excluding hydrogens is 244 g/mol. The minimum absolute atomic E-state index is 0.122. The molecule has 1 aromatic rings. The van der Waals surface area contributed by atoms with Gasteiger partial charge in [0.25, 0.3) is 0 Å². The van der Waals surface area contributed by atoms with Crippen molar-refractivity contribution in [2.24, 2.45) is 5.73 Å². The zero-order valence-electron chi connectivity index (χ0n) is 9.37. The second kappa shape index (κ2) is 4.39. The summed E-state index contributed by atoms with van der Waals surface area (Å²) in [4.78, 5) is 0.289. The summed E-state index contributed by atoms with van der Waals surface area (Å²) in [6, 6.07) is 3.31. The summed E-state index contributed by atoms with van der Waals surface area (Å²) in [6.45, 7) is 3.59. The monoisotopic (exact) mass is 258 g/mol. The maximum atomic E-state index is 11.5. The van der Waals surface area contributed by atoms with Gasteiger partial charge in [-0.25, -0.2) is 8.42 Å². The third-order valence-corrected chi connectivity index (χ3v) is 3.61. The predicted octanol–water partition coefficient (Wildman–Crippen LogP) is 1.36. The summed E-state index contributed by atoms with van der Waals surface area (Å²) in [5.41, 5.74) is 7.59. The number of anilines is 1. The minimum atomic E-state index is -3.23. The van der Waals surface area contributed by atoms with Crippen LogP contribution in [0.5, 0.6) is 0 Å². The molecule has 3 N–H and O–H groups in total. The smallest absolute Gasteiger partial charge is 0.175 e. The van der Waals surface area contributed by atoms with Crippen LogP contribution >= 0.6 is 12.2 Å². The van der Waals surface area contributed by atoms with E-state index in [2.05, 4.69) is 5.32 Å². The van der Waals surface area contributed by atoms with Crippen LogP contribution in [0.3, 0.4) is 0 Å². The fourth-order valence-electron chi connectivity index (χ4n) is 1.55. The number of aryl methyl sites for hydroxylation is 1. The van der Waals surface area contributed by atoms with Gasteiger partial charge in [0, 0.05) is 11.9 Å². The Hall–Kier alpha value is -1.14. The molecule has 0 atom stereocenters. The SMILES string of the molecule is Cc1ccc(S(C)(=O)=O)c(C)c1NC(N)=S. The second-order valence-electron chi connectivity index (χ2n) is 3.64. The van der Waals surface area contributed by atoms with Gasteiger partial charge in [-0.3, -0.25) is 0 Å². The zero-order valence-corrected chi connectivity index (χ0v) is 11.0. The van der Waals surface area contributed by atoms with E-state index in [9.17, 15) is 8.42 Å². The van der Waals surface area contributed by atoms with E-state index in [1.807, 2.05) is 6.92 Å². The quantitative estimate of drug-likeness (QED) is 0.784. The molecule has 0 aliphatic heterocycles. The van der Waals surface area contributed by atoms with Gasteiger partial charge in [-0.05, 0) is 43.3 Å². The number of hydrogen-bond donors (Lipinski definition) is 2. The molecule has 0 saturated carbocycles.